The summed E-state index contributed by atoms with van der Waals surface area (Å²) in [4.78, 5) is 0. The molecule has 0 aliphatic carbocycles. The van der Waals surface area contributed by atoms with Crippen LogP contribution in [0.15, 0.2) is 28.9 Å². The van der Waals surface area contributed by atoms with E-state index in [1.54, 1.807) is 7.11 Å². The van der Waals surface area contributed by atoms with Crippen LogP contribution in [0.4, 0.5) is 0 Å². The zero-order valence-electron chi connectivity index (χ0n) is 12.8. The molecule has 2 rings (SSSR count). The Morgan fingerprint density at radius 1 is 1.38 bits per heavy atom. The lowest BCUT2D eigenvalue weighted by Crippen LogP contribution is -2.13. The van der Waals surface area contributed by atoms with Gasteiger partial charge in [0.05, 0.1) is 23.8 Å². The third-order valence-corrected chi connectivity index (χ3v) is 3.97. The van der Waals surface area contributed by atoms with Crippen molar-refractivity contribution in [3.05, 3.63) is 45.7 Å². The van der Waals surface area contributed by atoms with Gasteiger partial charge in [-0.2, -0.15) is 5.10 Å². The van der Waals surface area contributed by atoms with Crippen LogP contribution in [0.25, 0.3) is 0 Å². The van der Waals surface area contributed by atoms with Crippen LogP contribution in [0.1, 0.15) is 30.2 Å². The molecule has 114 valence electrons. The second-order valence-electron chi connectivity index (χ2n) is 5.08. The van der Waals surface area contributed by atoms with Crippen molar-refractivity contribution >= 4 is 15.9 Å². The lowest BCUT2D eigenvalue weighted by molar-refractivity contribution is 0.412. The van der Waals surface area contributed by atoms with Crippen molar-refractivity contribution < 1.29 is 4.74 Å². The summed E-state index contributed by atoms with van der Waals surface area (Å²) < 4.78 is 8.21. The van der Waals surface area contributed by atoms with Crippen molar-refractivity contribution in [3.8, 4) is 5.75 Å². The molecule has 1 heterocycles. The van der Waals surface area contributed by atoms with Crippen LogP contribution in [0.3, 0.4) is 0 Å². The van der Waals surface area contributed by atoms with Gasteiger partial charge in [-0.25, -0.2) is 0 Å². The number of hydrogen-bond donors (Lipinski definition) is 1. The Balaban J connectivity index is 2.06. The third-order valence-electron chi connectivity index (χ3n) is 3.35. The minimum atomic E-state index is 0.761. The topological polar surface area (TPSA) is 39.1 Å². The molecule has 1 N–H and O–H groups in total. The highest BCUT2D eigenvalue weighted by Gasteiger charge is 2.06. The van der Waals surface area contributed by atoms with Crippen molar-refractivity contribution in [3.63, 3.8) is 0 Å². The lowest BCUT2D eigenvalue weighted by atomic mass is 10.2. The molecule has 1 aromatic heterocycles. The molecule has 5 heteroatoms. The average molecular weight is 352 g/mol. The molecule has 0 atom stereocenters. The summed E-state index contributed by atoms with van der Waals surface area (Å²) in [5.41, 5.74) is 3.54. The van der Waals surface area contributed by atoms with Gasteiger partial charge in [0.15, 0.2) is 0 Å². The van der Waals surface area contributed by atoms with Crippen molar-refractivity contribution in [1.29, 1.82) is 0 Å². The Bertz CT molecular complexity index is 595. The van der Waals surface area contributed by atoms with Crippen molar-refractivity contribution in [2.75, 3.05) is 13.7 Å². The van der Waals surface area contributed by atoms with Crippen molar-refractivity contribution in [2.24, 2.45) is 0 Å². The van der Waals surface area contributed by atoms with Crippen LogP contribution in [-0.2, 0) is 13.1 Å². The Morgan fingerprint density at radius 2 is 2.19 bits per heavy atom. The Hall–Kier alpha value is -1.33. The lowest BCUT2D eigenvalue weighted by Gasteiger charge is -2.06. The number of nitrogens with zero attached hydrogens (tertiary/aromatic N) is 2. The molecular weight excluding hydrogens is 330 g/mol. The summed E-state index contributed by atoms with van der Waals surface area (Å²) >= 11 is 3.52. The fourth-order valence-corrected chi connectivity index (χ4v) is 2.80. The van der Waals surface area contributed by atoms with E-state index in [0.29, 0.717) is 0 Å². The molecule has 0 aliphatic rings. The first-order valence-corrected chi connectivity index (χ1v) is 7.99. The zero-order valence-corrected chi connectivity index (χ0v) is 14.4. The molecule has 2 aromatic rings. The van der Waals surface area contributed by atoms with E-state index in [2.05, 4.69) is 58.5 Å². The molecule has 0 radical (unpaired) electrons. The minimum Gasteiger partial charge on any atom is -0.496 e. The summed E-state index contributed by atoms with van der Waals surface area (Å²) in [6, 6.07) is 6.11. The predicted octanol–water partition coefficient (Wildman–Crippen LogP) is 3.51. The van der Waals surface area contributed by atoms with Gasteiger partial charge in [0.2, 0.25) is 0 Å². The number of rotatable bonds is 7. The van der Waals surface area contributed by atoms with E-state index < -0.39 is 0 Å². The largest absolute Gasteiger partial charge is 0.496 e. The van der Waals surface area contributed by atoms with Crippen molar-refractivity contribution in [2.45, 2.75) is 33.4 Å². The Morgan fingerprint density at radius 3 is 2.86 bits per heavy atom. The first-order chi connectivity index (χ1) is 10.1. The van der Waals surface area contributed by atoms with Gasteiger partial charge in [0.25, 0.3) is 0 Å². The summed E-state index contributed by atoms with van der Waals surface area (Å²) in [5, 5.41) is 8.00. The van der Waals surface area contributed by atoms with Gasteiger partial charge in [-0.3, -0.25) is 4.68 Å². The molecule has 0 amide bonds. The van der Waals surface area contributed by atoms with Gasteiger partial charge in [-0.05, 0) is 53.5 Å². The van der Waals surface area contributed by atoms with E-state index in [-0.39, 0.29) is 0 Å². The fourth-order valence-electron chi connectivity index (χ4n) is 2.21. The number of ether oxygens (including phenoxy) is 1. The van der Waals surface area contributed by atoms with E-state index in [0.717, 1.165) is 42.0 Å². The van der Waals surface area contributed by atoms with Crippen LogP contribution in [-0.4, -0.2) is 23.4 Å². The van der Waals surface area contributed by atoms with Gasteiger partial charge in [0.1, 0.15) is 5.75 Å². The summed E-state index contributed by atoms with van der Waals surface area (Å²) in [5.74, 6) is 0.847. The molecule has 0 fully saturated rings. The summed E-state index contributed by atoms with van der Waals surface area (Å²) in [6.07, 6.45) is 3.27. The van der Waals surface area contributed by atoms with Crippen LogP contribution in [0.2, 0.25) is 0 Å². The molecule has 0 bridgehead atoms. The molecule has 0 saturated carbocycles. The minimum absolute atomic E-state index is 0.761. The number of methoxy groups -OCH3 is 1. The fraction of sp³-hybridized carbons (Fsp3) is 0.438. The van der Waals surface area contributed by atoms with Crippen LogP contribution in [0.5, 0.6) is 5.75 Å². The van der Waals surface area contributed by atoms with E-state index >= 15 is 0 Å². The van der Waals surface area contributed by atoms with Gasteiger partial charge in [0, 0.05) is 18.3 Å². The quantitative estimate of drug-likeness (QED) is 0.775. The maximum atomic E-state index is 5.25. The van der Waals surface area contributed by atoms with Crippen LogP contribution >= 0.6 is 15.9 Å². The Kier molecular flexibility index (Phi) is 5.82. The number of aromatic nitrogens is 2. The molecule has 21 heavy (non-hydrogen) atoms. The van der Waals surface area contributed by atoms with Crippen molar-refractivity contribution in [1.82, 2.24) is 15.1 Å². The molecule has 4 nitrogen and oxygen atoms in total. The maximum Gasteiger partial charge on any atom is 0.133 e. The van der Waals surface area contributed by atoms with E-state index in [1.165, 1.54) is 11.1 Å². The van der Waals surface area contributed by atoms with Crippen LogP contribution in [0, 0.1) is 6.92 Å². The van der Waals surface area contributed by atoms with Gasteiger partial charge in [-0.15, -0.1) is 0 Å². The molecular formula is C16H22BrN3O. The third kappa shape index (κ3) is 4.32. The number of hydrogen-bond acceptors (Lipinski definition) is 3. The number of halogens is 1. The van der Waals surface area contributed by atoms with Crippen LogP contribution < -0.4 is 10.1 Å². The molecule has 0 unspecified atom stereocenters. The second-order valence-corrected chi connectivity index (χ2v) is 5.94. The number of aryl methyl sites for hydroxylation is 1. The normalized spacial score (nSPS) is 10.9. The smallest absolute Gasteiger partial charge is 0.133 e. The van der Waals surface area contributed by atoms with Gasteiger partial charge >= 0.3 is 0 Å². The van der Waals surface area contributed by atoms with E-state index in [1.807, 2.05) is 10.7 Å². The highest BCUT2D eigenvalue weighted by molar-refractivity contribution is 9.10. The predicted molar refractivity (Wildman–Crippen MR) is 88.8 cm³/mol. The molecule has 0 aliphatic heterocycles. The number of nitrogens with one attached hydrogen (secondary N) is 1. The highest BCUT2D eigenvalue weighted by atomic mass is 79.9. The summed E-state index contributed by atoms with van der Waals surface area (Å²) in [7, 11) is 1.67. The first-order valence-electron chi connectivity index (χ1n) is 7.20. The highest BCUT2D eigenvalue weighted by Crippen LogP contribution is 2.25. The molecule has 1 aromatic carbocycles. The molecule has 0 spiro atoms. The average Bonchev–Trinajstić information content (AvgIpc) is 2.79. The van der Waals surface area contributed by atoms with E-state index in [9.17, 15) is 0 Å². The zero-order chi connectivity index (χ0) is 15.2. The second kappa shape index (κ2) is 7.61. The SMILES string of the molecule is CCCNCc1cn(Cc2ccc(OC)c(Br)c2)nc1C. The number of benzene rings is 1. The Labute approximate surface area is 134 Å². The van der Waals surface area contributed by atoms with Gasteiger partial charge < -0.3 is 10.1 Å². The first kappa shape index (κ1) is 16.0. The maximum absolute atomic E-state index is 5.25. The standard InChI is InChI=1S/C16H22BrN3O/c1-4-7-18-9-14-11-20(19-12(14)2)10-13-5-6-16(21-3)15(17)8-13/h5-6,8,11,18H,4,7,9-10H2,1-3H3. The van der Waals surface area contributed by atoms with Gasteiger partial charge in [-0.1, -0.05) is 13.0 Å². The molecule has 0 saturated heterocycles. The van der Waals surface area contributed by atoms with E-state index in [4.69, 9.17) is 4.74 Å². The summed E-state index contributed by atoms with van der Waals surface area (Å²) in [6.45, 7) is 6.91. The monoisotopic (exact) mass is 351 g/mol.